The van der Waals surface area contributed by atoms with E-state index in [2.05, 4.69) is 9.78 Å². The maximum atomic E-state index is 9.70. The van der Waals surface area contributed by atoms with Crippen molar-refractivity contribution in [3.8, 4) is 5.75 Å². The first-order valence-electron chi connectivity index (χ1n) is 3.16. The van der Waals surface area contributed by atoms with Gasteiger partial charge in [0.1, 0.15) is 0 Å². The Balaban J connectivity index is 2.58. The van der Waals surface area contributed by atoms with E-state index in [9.17, 15) is 4.79 Å². The van der Waals surface area contributed by atoms with Gasteiger partial charge in [0.05, 0.1) is 0 Å². The molecule has 3 nitrogen and oxygen atoms in total. The van der Waals surface area contributed by atoms with Crippen LogP contribution in [0.3, 0.4) is 0 Å². The Hall–Kier alpha value is -1.51. The predicted molar refractivity (Wildman–Crippen MR) is 39.0 cm³/mol. The summed E-state index contributed by atoms with van der Waals surface area (Å²) in [5, 5.41) is 0. The zero-order chi connectivity index (χ0) is 8.10. The molecule has 0 saturated carbocycles. The Morgan fingerprint density at radius 1 is 1.27 bits per heavy atom. The van der Waals surface area contributed by atoms with Crippen LogP contribution in [0.2, 0.25) is 0 Å². The summed E-state index contributed by atoms with van der Waals surface area (Å²) in [6, 6.07) is 7.17. The summed E-state index contributed by atoms with van der Waals surface area (Å²) in [6.07, 6.45) is 0. The monoisotopic (exact) mass is 152 g/mol. The number of aryl methyl sites for hydroxylation is 1. The summed E-state index contributed by atoms with van der Waals surface area (Å²) < 4.78 is 0. The Morgan fingerprint density at radius 3 is 2.45 bits per heavy atom. The summed E-state index contributed by atoms with van der Waals surface area (Å²) >= 11 is 0. The summed E-state index contributed by atoms with van der Waals surface area (Å²) in [7, 11) is 0. The minimum absolute atomic E-state index is 0.236. The van der Waals surface area contributed by atoms with E-state index in [4.69, 9.17) is 0 Å². The lowest BCUT2D eigenvalue weighted by Crippen LogP contribution is -1.93. The topological polar surface area (TPSA) is 35.5 Å². The van der Waals surface area contributed by atoms with Gasteiger partial charge in [0.25, 0.3) is 0 Å². The maximum absolute atomic E-state index is 9.70. The lowest BCUT2D eigenvalue weighted by Gasteiger charge is -1.98. The summed E-state index contributed by atoms with van der Waals surface area (Å²) in [4.78, 5) is 18.3. The van der Waals surface area contributed by atoms with Crippen LogP contribution in [0.25, 0.3) is 0 Å². The average molecular weight is 152 g/mol. The quantitative estimate of drug-likeness (QED) is 0.373. The van der Waals surface area contributed by atoms with Crippen LogP contribution in [0.15, 0.2) is 24.3 Å². The van der Waals surface area contributed by atoms with Crippen molar-refractivity contribution in [2.24, 2.45) is 0 Å². The van der Waals surface area contributed by atoms with Gasteiger partial charge >= 0.3 is 6.47 Å². The lowest BCUT2D eigenvalue weighted by atomic mass is 10.2. The Morgan fingerprint density at radius 2 is 1.91 bits per heavy atom. The SMILES string of the molecule is Cc1ccc(OOC=O)cc1. The molecular formula is C8H8O3. The fourth-order valence-corrected chi connectivity index (χ4v) is 0.669. The van der Waals surface area contributed by atoms with Crippen LogP contribution in [0.4, 0.5) is 0 Å². The Bertz CT molecular complexity index is 228. The Labute approximate surface area is 64.5 Å². The standard InChI is InChI=1S/C8H8O3/c1-7-2-4-8(5-3-7)11-10-6-9/h2-6H,1H3. The van der Waals surface area contributed by atoms with Gasteiger partial charge in [-0.15, -0.1) is 0 Å². The highest BCUT2D eigenvalue weighted by molar-refractivity contribution is 5.36. The molecule has 1 aromatic rings. The minimum Gasteiger partial charge on any atom is -0.287 e. The smallest absolute Gasteiger partial charge is 0.287 e. The first kappa shape index (κ1) is 7.60. The first-order chi connectivity index (χ1) is 5.33. The normalized spacial score (nSPS) is 8.82. The number of hydrogen-bond acceptors (Lipinski definition) is 3. The van der Waals surface area contributed by atoms with Gasteiger partial charge in [-0.3, -0.25) is 14.6 Å². The molecule has 0 aliphatic carbocycles. The van der Waals surface area contributed by atoms with Crippen LogP contribution in [-0.2, 0) is 9.68 Å². The zero-order valence-corrected chi connectivity index (χ0v) is 6.11. The van der Waals surface area contributed by atoms with E-state index in [1.54, 1.807) is 12.1 Å². The molecule has 0 heterocycles. The van der Waals surface area contributed by atoms with Crippen LogP contribution in [0, 0.1) is 6.92 Å². The molecule has 0 aliphatic heterocycles. The number of carbonyl (C=O) groups excluding carboxylic acids is 1. The number of rotatable bonds is 3. The zero-order valence-electron chi connectivity index (χ0n) is 6.11. The van der Waals surface area contributed by atoms with E-state index in [0.29, 0.717) is 5.75 Å². The molecule has 1 rings (SSSR count). The second-order valence-corrected chi connectivity index (χ2v) is 2.09. The molecule has 0 radical (unpaired) electrons. The average Bonchev–Trinajstić information content (AvgIpc) is 2.04. The van der Waals surface area contributed by atoms with Crippen LogP contribution in [0.1, 0.15) is 5.56 Å². The van der Waals surface area contributed by atoms with Crippen molar-refractivity contribution in [1.29, 1.82) is 0 Å². The molecule has 58 valence electrons. The molecule has 0 bridgehead atoms. The van der Waals surface area contributed by atoms with Gasteiger partial charge in [-0.25, -0.2) is 0 Å². The van der Waals surface area contributed by atoms with Gasteiger partial charge in [-0.2, -0.15) is 0 Å². The van der Waals surface area contributed by atoms with E-state index >= 15 is 0 Å². The van der Waals surface area contributed by atoms with E-state index in [1.165, 1.54) is 0 Å². The first-order valence-corrected chi connectivity index (χ1v) is 3.16. The molecule has 11 heavy (non-hydrogen) atoms. The van der Waals surface area contributed by atoms with E-state index in [0.717, 1.165) is 5.56 Å². The fraction of sp³-hybridized carbons (Fsp3) is 0.125. The predicted octanol–water partition coefficient (Wildman–Crippen LogP) is 1.46. The van der Waals surface area contributed by atoms with Crippen molar-refractivity contribution in [3.05, 3.63) is 29.8 Å². The highest BCUT2D eigenvalue weighted by atomic mass is 17.2. The molecule has 0 aromatic heterocycles. The number of carbonyl (C=O) groups is 1. The van der Waals surface area contributed by atoms with Crippen molar-refractivity contribution in [2.75, 3.05) is 0 Å². The third-order valence-corrected chi connectivity index (χ3v) is 1.20. The molecule has 0 saturated heterocycles. The summed E-state index contributed by atoms with van der Waals surface area (Å²) in [5.74, 6) is 0.516. The van der Waals surface area contributed by atoms with E-state index in [-0.39, 0.29) is 6.47 Å². The van der Waals surface area contributed by atoms with Gasteiger partial charge in [0.2, 0.25) is 0 Å². The molecule has 0 fully saturated rings. The Kier molecular flexibility index (Phi) is 2.49. The summed E-state index contributed by atoms with van der Waals surface area (Å²) in [6.45, 7) is 2.20. The van der Waals surface area contributed by atoms with Crippen LogP contribution >= 0.6 is 0 Å². The van der Waals surface area contributed by atoms with Crippen molar-refractivity contribution >= 4 is 6.47 Å². The van der Waals surface area contributed by atoms with Crippen LogP contribution in [0.5, 0.6) is 5.75 Å². The second kappa shape index (κ2) is 3.61. The van der Waals surface area contributed by atoms with Gasteiger partial charge in [0, 0.05) is 0 Å². The highest BCUT2D eigenvalue weighted by Crippen LogP contribution is 2.10. The third-order valence-electron chi connectivity index (χ3n) is 1.20. The van der Waals surface area contributed by atoms with E-state index < -0.39 is 0 Å². The number of benzene rings is 1. The van der Waals surface area contributed by atoms with Crippen LogP contribution < -0.4 is 4.89 Å². The molecule has 0 amide bonds. The molecule has 0 N–H and O–H groups in total. The minimum atomic E-state index is 0.236. The van der Waals surface area contributed by atoms with Gasteiger partial charge in [-0.05, 0) is 19.1 Å². The van der Waals surface area contributed by atoms with Gasteiger partial charge < -0.3 is 0 Å². The molecule has 0 unspecified atom stereocenters. The second-order valence-electron chi connectivity index (χ2n) is 2.09. The lowest BCUT2D eigenvalue weighted by molar-refractivity contribution is -0.196. The molecule has 1 aromatic carbocycles. The van der Waals surface area contributed by atoms with Crippen LogP contribution in [-0.4, -0.2) is 6.47 Å². The fourth-order valence-electron chi connectivity index (χ4n) is 0.669. The van der Waals surface area contributed by atoms with Crippen molar-refractivity contribution in [2.45, 2.75) is 6.92 Å². The van der Waals surface area contributed by atoms with Gasteiger partial charge in [0.15, 0.2) is 5.75 Å². The van der Waals surface area contributed by atoms with E-state index in [1.807, 2.05) is 19.1 Å². The largest absolute Gasteiger partial charge is 0.343 e. The molecule has 0 spiro atoms. The molecular weight excluding hydrogens is 144 g/mol. The van der Waals surface area contributed by atoms with Crippen molar-refractivity contribution in [1.82, 2.24) is 0 Å². The molecule has 0 aliphatic rings. The highest BCUT2D eigenvalue weighted by Gasteiger charge is 1.91. The van der Waals surface area contributed by atoms with Crippen molar-refractivity contribution in [3.63, 3.8) is 0 Å². The molecule has 0 atom stereocenters. The maximum Gasteiger partial charge on any atom is 0.343 e. The third kappa shape index (κ3) is 2.29. The molecule has 3 heteroatoms. The van der Waals surface area contributed by atoms with Gasteiger partial charge in [-0.1, -0.05) is 17.7 Å². The van der Waals surface area contributed by atoms with Crippen molar-refractivity contribution < 1.29 is 14.6 Å². The summed E-state index contributed by atoms with van der Waals surface area (Å²) in [5.41, 5.74) is 1.13. The number of hydrogen-bond donors (Lipinski definition) is 0.